The van der Waals surface area contributed by atoms with Gasteiger partial charge in [0.1, 0.15) is 5.82 Å². The van der Waals surface area contributed by atoms with Crippen LogP contribution in [0.3, 0.4) is 0 Å². The Morgan fingerprint density at radius 3 is 1.97 bits per heavy atom. The van der Waals surface area contributed by atoms with Crippen LogP contribution in [0.2, 0.25) is 0 Å². The summed E-state index contributed by atoms with van der Waals surface area (Å²) in [5.41, 5.74) is 7.00. The van der Waals surface area contributed by atoms with Gasteiger partial charge in [0, 0.05) is 5.92 Å². The monoisotopic (exact) mass is 510 g/mol. The molecular formula is C36H59F. The molecule has 0 saturated carbocycles. The highest BCUT2D eigenvalue weighted by Gasteiger charge is 2.13. The number of allylic oxidation sites excluding steroid dienone is 9. The average Bonchev–Trinajstić information content (AvgIpc) is 2.92. The largest absolute Gasteiger partial charge is 0.207 e. The molecule has 0 amide bonds. The van der Waals surface area contributed by atoms with E-state index in [1.54, 1.807) is 12.1 Å². The highest BCUT2D eigenvalue weighted by molar-refractivity contribution is 5.47. The van der Waals surface area contributed by atoms with Gasteiger partial charge in [0.2, 0.25) is 0 Å². The van der Waals surface area contributed by atoms with E-state index in [0.717, 1.165) is 42.4 Å². The first-order valence-electron chi connectivity index (χ1n) is 14.5. The Morgan fingerprint density at radius 2 is 1.57 bits per heavy atom. The van der Waals surface area contributed by atoms with E-state index < -0.39 is 0 Å². The number of unbranched alkanes of at least 4 members (excludes halogenated alkanes) is 2. The van der Waals surface area contributed by atoms with Crippen molar-refractivity contribution in [3.8, 4) is 0 Å². The van der Waals surface area contributed by atoms with Gasteiger partial charge in [0.15, 0.2) is 0 Å². The van der Waals surface area contributed by atoms with Crippen LogP contribution in [0, 0.1) is 11.7 Å². The molecule has 1 aromatic carbocycles. The van der Waals surface area contributed by atoms with Crippen molar-refractivity contribution in [3.05, 3.63) is 108 Å². The van der Waals surface area contributed by atoms with E-state index in [0.29, 0.717) is 0 Å². The van der Waals surface area contributed by atoms with Gasteiger partial charge in [-0.2, -0.15) is 0 Å². The molecular weight excluding hydrogens is 451 g/mol. The fourth-order valence-electron chi connectivity index (χ4n) is 3.74. The molecule has 1 rings (SSSR count). The highest BCUT2D eigenvalue weighted by Crippen LogP contribution is 2.29. The van der Waals surface area contributed by atoms with Crippen LogP contribution in [0.15, 0.2) is 96.2 Å². The second-order valence-corrected chi connectivity index (χ2v) is 8.55. The van der Waals surface area contributed by atoms with Crippen LogP contribution < -0.4 is 0 Å². The Balaban J connectivity index is -0.00000112. The van der Waals surface area contributed by atoms with Crippen molar-refractivity contribution in [1.29, 1.82) is 0 Å². The summed E-state index contributed by atoms with van der Waals surface area (Å²) in [5.74, 6) is 0.107. The van der Waals surface area contributed by atoms with Gasteiger partial charge in [-0.3, -0.25) is 0 Å². The molecule has 1 aromatic rings. The van der Waals surface area contributed by atoms with E-state index in [-0.39, 0.29) is 11.7 Å². The molecule has 0 nitrogen and oxygen atoms in total. The molecule has 0 fully saturated rings. The van der Waals surface area contributed by atoms with Crippen molar-refractivity contribution >= 4 is 0 Å². The van der Waals surface area contributed by atoms with Gasteiger partial charge in [0.05, 0.1) is 0 Å². The molecule has 0 heterocycles. The molecule has 1 atom stereocenters. The van der Waals surface area contributed by atoms with Crippen LogP contribution in [0.25, 0.3) is 0 Å². The van der Waals surface area contributed by atoms with Gasteiger partial charge < -0.3 is 0 Å². The summed E-state index contributed by atoms with van der Waals surface area (Å²) in [5, 5.41) is 0. The molecule has 0 saturated heterocycles. The molecule has 1 heteroatoms. The fraction of sp³-hybridized carbons (Fsp3) is 0.500. The molecule has 0 spiro atoms. The third kappa shape index (κ3) is 17.6. The summed E-state index contributed by atoms with van der Waals surface area (Å²) in [4.78, 5) is 0. The predicted octanol–water partition coefficient (Wildman–Crippen LogP) is 12.6. The van der Waals surface area contributed by atoms with Crippen molar-refractivity contribution in [1.82, 2.24) is 0 Å². The number of hydrogen-bond donors (Lipinski definition) is 0. The normalized spacial score (nSPS) is 12.3. The molecule has 0 aliphatic carbocycles. The second kappa shape index (κ2) is 26.6. The summed E-state index contributed by atoms with van der Waals surface area (Å²) in [7, 11) is 0. The number of rotatable bonds is 13. The quantitative estimate of drug-likeness (QED) is 0.183. The van der Waals surface area contributed by atoms with Crippen LogP contribution in [-0.2, 0) is 6.42 Å². The van der Waals surface area contributed by atoms with Crippen molar-refractivity contribution < 1.29 is 4.39 Å². The van der Waals surface area contributed by atoms with Crippen LogP contribution in [0.4, 0.5) is 4.39 Å². The van der Waals surface area contributed by atoms with Crippen molar-refractivity contribution in [2.75, 3.05) is 0 Å². The Labute approximate surface area is 231 Å². The molecule has 0 N–H and O–H groups in total. The van der Waals surface area contributed by atoms with E-state index >= 15 is 0 Å². The Kier molecular flexibility index (Phi) is 28.2. The second-order valence-electron chi connectivity index (χ2n) is 8.55. The Morgan fingerprint density at radius 1 is 0.973 bits per heavy atom. The van der Waals surface area contributed by atoms with Crippen molar-refractivity contribution in [3.63, 3.8) is 0 Å². The SMILES string of the molecule is C=CC(=C\C)/C(C)=C(C)/C=C(\C(=C)CCCc1cccc(F)c1)C(C=C)CC.CC.CC.CCCCC. The van der Waals surface area contributed by atoms with Gasteiger partial charge in [-0.05, 0) is 86.4 Å². The van der Waals surface area contributed by atoms with Crippen LogP contribution in [0.1, 0.15) is 113 Å². The summed E-state index contributed by atoms with van der Waals surface area (Å²) >= 11 is 0. The summed E-state index contributed by atoms with van der Waals surface area (Å²) in [6.45, 7) is 33.2. The van der Waals surface area contributed by atoms with E-state index in [4.69, 9.17) is 0 Å². The summed E-state index contributed by atoms with van der Waals surface area (Å²) < 4.78 is 13.4. The highest BCUT2D eigenvalue weighted by atomic mass is 19.1. The van der Waals surface area contributed by atoms with Gasteiger partial charge in [0.25, 0.3) is 0 Å². The van der Waals surface area contributed by atoms with Gasteiger partial charge >= 0.3 is 0 Å². The third-order valence-electron chi connectivity index (χ3n) is 6.00. The number of halogens is 1. The topological polar surface area (TPSA) is 0 Å². The van der Waals surface area contributed by atoms with Crippen LogP contribution in [0.5, 0.6) is 0 Å². The predicted molar refractivity (Wildman–Crippen MR) is 171 cm³/mol. The molecule has 210 valence electrons. The minimum absolute atomic E-state index is 0.173. The third-order valence-corrected chi connectivity index (χ3v) is 6.00. The minimum atomic E-state index is -0.173. The maximum Gasteiger partial charge on any atom is 0.123 e. The molecule has 0 aliphatic heterocycles. The number of benzene rings is 1. The number of hydrogen-bond acceptors (Lipinski definition) is 0. The average molecular weight is 511 g/mol. The molecule has 37 heavy (non-hydrogen) atoms. The Hall–Kier alpha value is -2.41. The molecule has 0 aliphatic rings. The van der Waals surface area contributed by atoms with Gasteiger partial charge in [-0.15, -0.1) is 6.58 Å². The zero-order valence-corrected chi connectivity index (χ0v) is 26.1. The first-order chi connectivity index (χ1) is 17.8. The van der Waals surface area contributed by atoms with Crippen molar-refractivity contribution in [2.45, 2.75) is 114 Å². The van der Waals surface area contributed by atoms with E-state index in [2.05, 4.69) is 66.5 Å². The molecule has 0 aromatic heterocycles. The maximum absolute atomic E-state index is 13.4. The van der Waals surface area contributed by atoms with Gasteiger partial charge in [-0.1, -0.05) is 123 Å². The van der Waals surface area contributed by atoms with Crippen LogP contribution in [-0.4, -0.2) is 0 Å². The first-order valence-corrected chi connectivity index (χ1v) is 14.5. The molecule has 1 unspecified atom stereocenters. The zero-order chi connectivity index (χ0) is 29.2. The maximum atomic E-state index is 13.4. The molecule has 0 bridgehead atoms. The lowest BCUT2D eigenvalue weighted by Crippen LogP contribution is -2.04. The molecule has 0 radical (unpaired) electrons. The lowest BCUT2D eigenvalue weighted by Gasteiger charge is -2.19. The summed E-state index contributed by atoms with van der Waals surface area (Å²) in [6, 6.07) is 6.84. The summed E-state index contributed by atoms with van der Waals surface area (Å²) in [6.07, 6.45) is 16.0. The van der Waals surface area contributed by atoms with Gasteiger partial charge in [-0.25, -0.2) is 4.39 Å². The standard InChI is InChI=1S/C27H35F.C5H12.2C2H6/c1-8-24(9-2)22(7)21(6)18-27(25(10-3)11-4)20(5)14-12-15-23-16-13-17-26(28)19-23;1-3-5-4-2;2*1-2/h8-10,13,16-19,25H,1,3,5,11-12,14-15H2,2,4,6-7H3;3-5H2,1-2H3;2*1-2H3/b22-21+,24-9+,27-18+;;;. The fourth-order valence-corrected chi connectivity index (χ4v) is 3.74. The van der Waals surface area contributed by atoms with E-state index in [1.807, 2.05) is 52.8 Å². The van der Waals surface area contributed by atoms with E-state index in [1.165, 1.54) is 42.0 Å². The first kappa shape index (κ1) is 39.1. The minimum Gasteiger partial charge on any atom is -0.207 e. The Bertz CT molecular complexity index is 830. The lowest BCUT2D eigenvalue weighted by atomic mass is 9.86. The lowest BCUT2D eigenvalue weighted by molar-refractivity contribution is 0.624. The van der Waals surface area contributed by atoms with Crippen molar-refractivity contribution in [2.24, 2.45) is 5.92 Å². The zero-order valence-electron chi connectivity index (χ0n) is 26.1. The number of aryl methyl sites for hydroxylation is 1. The van der Waals surface area contributed by atoms with Crippen LogP contribution >= 0.6 is 0 Å². The smallest absolute Gasteiger partial charge is 0.123 e. The van der Waals surface area contributed by atoms with E-state index in [9.17, 15) is 4.39 Å².